The minimum absolute atomic E-state index is 0.441. The van der Waals surface area contributed by atoms with E-state index in [9.17, 15) is 10.2 Å². The second-order valence-electron chi connectivity index (χ2n) is 6.28. The number of pyridine rings is 1. The summed E-state index contributed by atoms with van der Waals surface area (Å²) in [7, 11) is 0. The van der Waals surface area contributed by atoms with Crippen LogP contribution in [0.4, 0.5) is 0 Å². The Morgan fingerprint density at radius 3 is 2.67 bits per heavy atom. The first kappa shape index (κ1) is 15.4. The number of benzene rings is 1. The van der Waals surface area contributed by atoms with Gasteiger partial charge in [0.1, 0.15) is 16.9 Å². The Bertz CT molecular complexity index is 921. The summed E-state index contributed by atoms with van der Waals surface area (Å²) in [4.78, 5) is 4.46. The van der Waals surface area contributed by atoms with Crippen LogP contribution >= 0.6 is 11.6 Å². The minimum atomic E-state index is -1.47. The SMILES string of the molecule is Cc1nc2c3c(ccn2c1Cl)[C@@](C)(O)[C@H](O)[C@@H](c1ccccc1)O3. The van der Waals surface area contributed by atoms with E-state index in [4.69, 9.17) is 16.3 Å². The minimum Gasteiger partial charge on any atom is -0.479 e. The van der Waals surface area contributed by atoms with Crippen LogP contribution < -0.4 is 4.74 Å². The normalized spacial score (nSPS) is 26.2. The number of rotatable bonds is 1. The molecule has 1 aliphatic heterocycles. The molecule has 0 saturated heterocycles. The van der Waals surface area contributed by atoms with E-state index in [2.05, 4.69) is 4.98 Å². The van der Waals surface area contributed by atoms with E-state index in [1.165, 1.54) is 0 Å². The Labute approximate surface area is 144 Å². The van der Waals surface area contributed by atoms with E-state index >= 15 is 0 Å². The number of imidazole rings is 1. The van der Waals surface area contributed by atoms with Crippen molar-refractivity contribution >= 4 is 17.2 Å². The summed E-state index contributed by atoms with van der Waals surface area (Å²) < 4.78 is 7.81. The highest BCUT2D eigenvalue weighted by atomic mass is 35.5. The molecule has 0 amide bonds. The van der Waals surface area contributed by atoms with Gasteiger partial charge in [0.15, 0.2) is 17.5 Å². The summed E-state index contributed by atoms with van der Waals surface area (Å²) in [6, 6.07) is 11.1. The first-order valence-corrected chi connectivity index (χ1v) is 8.08. The van der Waals surface area contributed by atoms with Crippen molar-refractivity contribution in [2.45, 2.75) is 31.7 Å². The lowest BCUT2D eigenvalue weighted by molar-refractivity contribution is -0.131. The van der Waals surface area contributed by atoms with Gasteiger partial charge in [0.25, 0.3) is 0 Å². The van der Waals surface area contributed by atoms with Crippen LogP contribution in [0, 0.1) is 6.92 Å². The highest BCUT2D eigenvalue weighted by Gasteiger charge is 2.47. The number of aryl methyl sites for hydroxylation is 1. The van der Waals surface area contributed by atoms with Crippen molar-refractivity contribution in [1.29, 1.82) is 0 Å². The van der Waals surface area contributed by atoms with Crippen molar-refractivity contribution < 1.29 is 14.9 Å². The number of nitrogens with zero attached hydrogens (tertiary/aromatic N) is 2. The van der Waals surface area contributed by atoms with Gasteiger partial charge in [-0.3, -0.25) is 4.40 Å². The molecular weight excluding hydrogens is 328 g/mol. The van der Waals surface area contributed by atoms with Crippen LogP contribution in [0.25, 0.3) is 5.65 Å². The smallest absolute Gasteiger partial charge is 0.181 e. The molecule has 3 aromatic rings. The number of hydrogen-bond donors (Lipinski definition) is 2. The highest BCUT2D eigenvalue weighted by molar-refractivity contribution is 6.30. The summed E-state index contributed by atoms with van der Waals surface area (Å²) in [6.07, 6.45) is -0.0822. The van der Waals surface area contributed by atoms with Crippen molar-refractivity contribution in [1.82, 2.24) is 9.38 Å². The Hall–Kier alpha value is -2.08. The lowest BCUT2D eigenvalue weighted by atomic mass is 9.82. The second kappa shape index (κ2) is 5.21. The van der Waals surface area contributed by atoms with Crippen molar-refractivity contribution in [2.75, 3.05) is 0 Å². The average Bonchev–Trinajstić information content (AvgIpc) is 2.87. The van der Waals surface area contributed by atoms with Gasteiger partial charge in [-0.25, -0.2) is 4.98 Å². The van der Waals surface area contributed by atoms with Crippen LogP contribution in [0.1, 0.15) is 29.8 Å². The van der Waals surface area contributed by atoms with Gasteiger partial charge in [-0.2, -0.15) is 0 Å². The molecule has 0 radical (unpaired) electrons. The molecule has 4 rings (SSSR count). The molecule has 0 unspecified atom stereocenters. The maximum Gasteiger partial charge on any atom is 0.181 e. The predicted octanol–water partition coefficient (Wildman–Crippen LogP) is 3.00. The van der Waals surface area contributed by atoms with Gasteiger partial charge in [-0.15, -0.1) is 0 Å². The molecule has 0 saturated carbocycles. The lowest BCUT2D eigenvalue weighted by Gasteiger charge is -2.41. The summed E-state index contributed by atoms with van der Waals surface area (Å²) in [5.41, 5.74) is 1.02. The van der Waals surface area contributed by atoms with Crippen molar-refractivity contribution in [3.8, 4) is 5.75 Å². The van der Waals surface area contributed by atoms with Crippen LogP contribution in [-0.4, -0.2) is 25.7 Å². The summed E-state index contributed by atoms with van der Waals surface area (Å²) >= 11 is 6.27. The van der Waals surface area contributed by atoms with E-state index in [-0.39, 0.29) is 0 Å². The molecule has 0 aliphatic carbocycles. The maximum atomic E-state index is 11.0. The summed E-state index contributed by atoms with van der Waals surface area (Å²) in [6.45, 7) is 3.40. The van der Waals surface area contributed by atoms with Crippen LogP contribution in [0.2, 0.25) is 5.15 Å². The number of aliphatic hydroxyl groups is 2. The van der Waals surface area contributed by atoms with Gasteiger partial charge < -0.3 is 14.9 Å². The van der Waals surface area contributed by atoms with Crippen LogP contribution in [0.15, 0.2) is 42.6 Å². The van der Waals surface area contributed by atoms with Crippen LogP contribution in [0.5, 0.6) is 5.75 Å². The zero-order chi connectivity index (χ0) is 17.1. The van der Waals surface area contributed by atoms with Gasteiger partial charge in [0.05, 0.1) is 5.69 Å². The number of ether oxygens (including phenoxy) is 1. The fourth-order valence-electron chi connectivity index (χ4n) is 3.22. The van der Waals surface area contributed by atoms with Crippen LogP contribution in [-0.2, 0) is 5.60 Å². The Balaban J connectivity index is 1.95. The second-order valence-corrected chi connectivity index (χ2v) is 6.64. The molecule has 0 fully saturated rings. The number of fused-ring (bicyclic) bond motifs is 3. The molecule has 3 heterocycles. The van der Waals surface area contributed by atoms with E-state index < -0.39 is 17.8 Å². The van der Waals surface area contributed by atoms with Crippen molar-refractivity contribution in [2.24, 2.45) is 0 Å². The molecular formula is C18H17ClN2O3. The van der Waals surface area contributed by atoms with Crippen molar-refractivity contribution in [3.05, 3.63) is 64.6 Å². The molecule has 6 heteroatoms. The molecule has 0 spiro atoms. The van der Waals surface area contributed by atoms with Crippen LogP contribution in [0.3, 0.4) is 0 Å². The number of halogens is 1. The lowest BCUT2D eigenvalue weighted by Crippen LogP contribution is -2.46. The Morgan fingerprint density at radius 2 is 1.96 bits per heavy atom. The molecule has 0 bridgehead atoms. The fourth-order valence-corrected chi connectivity index (χ4v) is 3.40. The van der Waals surface area contributed by atoms with E-state index in [1.54, 1.807) is 23.6 Å². The standard InChI is InChI=1S/C18H17ClN2O3/c1-10-16(19)21-9-8-12-14(17(21)20-10)24-13(15(22)18(12,2)23)11-6-4-3-5-7-11/h3-9,13,15,22-23H,1-2H3/t13-,15-,18-/m1/s1. The quantitative estimate of drug-likeness (QED) is 0.712. The van der Waals surface area contributed by atoms with E-state index in [0.717, 1.165) is 5.56 Å². The molecule has 3 atom stereocenters. The molecule has 2 N–H and O–H groups in total. The van der Waals surface area contributed by atoms with Gasteiger partial charge >= 0.3 is 0 Å². The third-order valence-electron chi connectivity index (χ3n) is 4.63. The third kappa shape index (κ3) is 2.05. The number of aliphatic hydroxyl groups excluding tert-OH is 1. The van der Waals surface area contributed by atoms with Crippen molar-refractivity contribution in [3.63, 3.8) is 0 Å². The molecule has 24 heavy (non-hydrogen) atoms. The maximum absolute atomic E-state index is 11.0. The largest absolute Gasteiger partial charge is 0.479 e. The Kier molecular flexibility index (Phi) is 3.35. The van der Waals surface area contributed by atoms with Gasteiger partial charge in [0, 0.05) is 11.8 Å². The zero-order valence-electron chi connectivity index (χ0n) is 13.3. The topological polar surface area (TPSA) is 67.0 Å². The first-order chi connectivity index (χ1) is 11.4. The predicted molar refractivity (Wildman–Crippen MR) is 90.3 cm³/mol. The fraction of sp³-hybridized carbons (Fsp3) is 0.278. The molecule has 124 valence electrons. The third-order valence-corrected chi connectivity index (χ3v) is 5.09. The van der Waals surface area contributed by atoms with Gasteiger partial charge in [-0.05, 0) is 25.5 Å². The first-order valence-electron chi connectivity index (χ1n) is 7.71. The number of aromatic nitrogens is 2. The molecule has 5 nitrogen and oxygen atoms in total. The van der Waals surface area contributed by atoms with Gasteiger partial charge in [-0.1, -0.05) is 41.9 Å². The molecule has 1 aromatic carbocycles. The highest BCUT2D eigenvalue weighted by Crippen LogP contribution is 2.46. The number of hydrogen-bond acceptors (Lipinski definition) is 4. The molecule has 1 aliphatic rings. The summed E-state index contributed by atoms with van der Waals surface area (Å²) in [5, 5.41) is 22.2. The zero-order valence-corrected chi connectivity index (χ0v) is 14.0. The Morgan fingerprint density at radius 1 is 1.25 bits per heavy atom. The average molecular weight is 345 g/mol. The monoisotopic (exact) mass is 344 g/mol. The summed E-state index contributed by atoms with van der Waals surface area (Å²) in [5.74, 6) is 0.441. The van der Waals surface area contributed by atoms with Gasteiger partial charge in [0.2, 0.25) is 0 Å². The van der Waals surface area contributed by atoms with E-state index in [0.29, 0.717) is 27.8 Å². The van der Waals surface area contributed by atoms with E-state index in [1.807, 2.05) is 37.3 Å². The molecule has 2 aromatic heterocycles.